The Labute approximate surface area is 144 Å². The number of nitrogens with zero attached hydrogens (tertiary/aromatic N) is 1. The highest BCUT2D eigenvalue weighted by molar-refractivity contribution is 5.73. The van der Waals surface area contributed by atoms with Gasteiger partial charge in [0.25, 0.3) is 0 Å². The van der Waals surface area contributed by atoms with Crippen LogP contribution >= 0.6 is 0 Å². The van der Waals surface area contributed by atoms with E-state index in [-0.39, 0.29) is 12.6 Å². The number of furan rings is 1. The van der Waals surface area contributed by atoms with Gasteiger partial charge in [0.05, 0.1) is 6.54 Å². The molecule has 2 amide bonds. The van der Waals surface area contributed by atoms with E-state index in [0.717, 1.165) is 24.8 Å². The first-order valence-electron chi connectivity index (χ1n) is 8.83. The minimum absolute atomic E-state index is 0.0986. The van der Waals surface area contributed by atoms with Crippen LogP contribution in [-0.4, -0.2) is 48.3 Å². The Hall–Kier alpha value is -1.53. The fourth-order valence-electron chi connectivity index (χ4n) is 2.96. The first-order valence-corrected chi connectivity index (χ1v) is 8.83. The molecule has 1 aromatic rings. The smallest absolute Gasteiger partial charge is 0.314 e. The highest BCUT2D eigenvalue weighted by Crippen LogP contribution is 2.22. The number of hydrogen-bond donors (Lipinski definition) is 3. The second kappa shape index (κ2) is 8.03. The molecule has 3 N–H and O–H groups in total. The number of carbonyl (C=O) groups excluding carboxylic acids is 1. The van der Waals surface area contributed by atoms with Crippen molar-refractivity contribution in [1.29, 1.82) is 0 Å². The van der Waals surface area contributed by atoms with Crippen LogP contribution in [0, 0.1) is 12.8 Å². The van der Waals surface area contributed by atoms with E-state index < -0.39 is 5.60 Å². The van der Waals surface area contributed by atoms with Crippen molar-refractivity contribution in [2.24, 2.45) is 5.92 Å². The van der Waals surface area contributed by atoms with Crippen LogP contribution in [0.15, 0.2) is 16.5 Å². The summed E-state index contributed by atoms with van der Waals surface area (Å²) in [5.74, 6) is 1.99. The SMILES string of the molecule is Cc1ccc(C(C)(O)CNC(=O)NCC(C)N2CCC(C)CC2)o1. The van der Waals surface area contributed by atoms with E-state index >= 15 is 0 Å². The van der Waals surface area contributed by atoms with Gasteiger partial charge in [-0.1, -0.05) is 6.92 Å². The van der Waals surface area contributed by atoms with Crippen LogP contribution in [0.3, 0.4) is 0 Å². The van der Waals surface area contributed by atoms with Gasteiger partial charge in [-0.25, -0.2) is 4.79 Å². The van der Waals surface area contributed by atoms with Crippen molar-refractivity contribution in [3.8, 4) is 0 Å². The Morgan fingerprint density at radius 2 is 2.08 bits per heavy atom. The van der Waals surface area contributed by atoms with Crippen molar-refractivity contribution in [3.63, 3.8) is 0 Å². The molecule has 6 nitrogen and oxygen atoms in total. The predicted molar refractivity (Wildman–Crippen MR) is 93.9 cm³/mol. The summed E-state index contributed by atoms with van der Waals surface area (Å²) in [5.41, 5.74) is -1.22. The summed E-state index contributed by atoms with van der Waals surface area (Å²) in [5, 5.41) is 16.0. The molecule has 1 aliphatic heterocycles. The number of likely N-dealkylation sites (tertiary alicyclic amines) is 1. The summed E-state index contributed by atoms with van der Waals surface area (Å²) >= 11 is 0. The van der Waals surface area contributed by atoms with Crippen LogP contribution in [0.25, 0.3) is 0 Å². The van der Waals surface area contributed by atoms with Gasteiger partial charge in [-0.15, -0.1) is 0 Å². The Bertz CT molecular complexity index is 533. The monoisotopic (exact) mass is 337 g/mol. The standard InChI is InChI=1S/C18H31N3O3/c1-13-7-9-21(10-8-13)14(2)11-19-17(22)20-12-18(4,23)16-6-5-15(3)24-16/h5-6,13-14,23H,7-12H2,1-4H3,(H2,19,20,22). The zero-order chi connectivity index (χ0) is 17.7. The number of piperidine rings is 1. The number of aryl methyl sites for hydroxylation is 1. The molecule has 0 aliphatic carbocycles. The first kappa shape index (κ1) is 18.8. The van der Waals surface area contributed by atoms with E-state index in [1.54, 1.807) is 19.1 Å². The van der Waals surface area contributed by atoms with E-state index in [4.69, 9.17) is 4.42 Å². The molecule has 1 aromatic heterocycles. The molecule has 0 radical (unpaired) electrons. The number of aliphatic hydroxyl groups is 1. The number of urea groups is 1. The van der Waals surface area contributed by atoms with Gasteiger partial charge in [0.15, 0.2) is 0 Å². The number of rotatable bonds is 6. The fourth-order valence-corrected chi connectivity index (χ4v) is 2.96. The zero-order valence-corrected chi connectivity index (χ0v) is 15.3. The Kier molecular flexibility index (Phi) is 6.29. The second-order valence-corrected chi connectivity index (χ2v) is 7.32. The molecule has 6 heteroatoms. The van der Waals surface area contributed by atoms with E-state index in [0.29, 0.717) is 18.3 Å². The van der Waals surface area contributed by atoms with Crippen LogP contribution in [0.1, 0.15) is 45.1 Å². The minimum Gasteiger partial charge on any atom is -0.463 e. The lowest BCUT2D eigenvalue weighted by atomic mass is 9.98. The quantitative estimate of drug-likeness (QED) is 0.744. The average molecular weight is 337 g/mol. The maximum absolute atomic E-state index is 12.0. The topological polar surface area (TPSA) is 77.7 Å². The van der Waals surface area contributed by atoms with E-state index in [9.17, 15) is 9.90 Å². The molecular formula is C18H31N3O3. The molecule has 0 aromatic carbocycles. The van der Waals surface area contributed by atoms with Crippen LogP contribution in [0.5, 0.6) is 0 Å². The predicted octanol–water partition coefficient (Wildman–Crippen LogP) is 2.22. The van der Waals surface area contributed by atoms with E-state index in [2.05, 4.69) is 29.4 Å². The molecule has 136 valence electrons. The number of carbonyl (C=O) groups is 1. The van der Waals surface area contributed by atoms with Crippen LogP contribution in [0.2, 0.25) is 0 Å². The van der Waals surface area contributed by atoms with Gasteiger partial charge < -0.3 is 20.2 Å². The maximum atomic E-state index is 12.0. The summed E-state index contributed by atoms with van der Waals surface area (Å²) in [6, 6.07) is 3.58. The molecule has 0 spiro atoms. The molecule has 2 unspecified atom stereocenters. The second-order valence-electron chi connectivity index (χ2n) is 7.32. The maximum Gasteiger partial charge on any atom is 0.314 e. The molecule has 24 heavy (non-hydrogen) atoms. The Morgan fingerprint density at radius 1 is 1.42 bits per heavy atom. The first-order chi connectivity index (χ1) is 11.3. The summed E-state index contributed by atoms with van der Waals surface area (Å²) in [4.78, 5) is 14.4. The van der Waals surface area contributed by atoms with Gasteiger partial charge >= 0.3 is 6.03 Å². The van der Waals surface area contributed by atoms with Gasteiger partial charge in [0.2, 0.25) is 0 Å². The fraction of sp³-hybridized carbons (Fsp3) is 0.722. The summed E-state index contributed by atoms with van der Waals surface area (Å²) < 4.78 is 5.44. The number of amides is 2. The molecule has 2 rings (SSSR count). The van der Waals surface area contributed by atoms with Crippen molar-refractivity contribution >= 4 is 6.03 Å². The average Bonchev–Trinajstić information content (AvgIpc) is 2.99. The van der Waals surface area contributed by atoms with Crippen molar-refractivity contribution < 1.29 is 14.3 Å². The van der Waals surface area contributed by atoms with E-state index in [1.807, 2.05) is 6.92 Å². The lowest BCUT2D eigenvalue weighted by molar-refractivity contribution is 0.0359. The van der Waals surface area contributed by atoms with Gasteiger partial charge in [0, 0.05) is 12.6 Å². The summed E-state index contributed by atoms with van der Waals surface area (Å²) in [6.07, 6.45) is 2.45. The number of nitrogens with one attached hydrogen (secondary N) is 2. The molecule has 2 heterocycles. The van der Waals surface area contributed by atoms with Crippen molar-refractivity contribution in [2.45, 2.75) is 52.2 Å². The van der Waals surface area contributed by atoms with E-state index in [1.165, 1.54) is 12.8 Å². The van der Waals surface area contributed by atoms with Gasteiger partial charge in [0.1, 0.15) is 17.1 Å². The van der Waals surface area contributed by atoms with Crippen molar-refractivity contribution in [2.75, 3.05) is 26.2 Å². The molecule has 0 saturated carbocycles. The zero-order valence-electron chi connectivity index (χ0n) is 15.3. The Balaban J connectivity index is 1.71. The molecule has 0 bridgehead atoms. The lowest BCUT2D eigenvalue weighted by Gasteiger charge is -2.35. The highest BCUT2D eigenvalue weighted by Gasteiger charge is 2.27. The molecule has 1 aliphatic rings. The Morgan fingerprint density at radius 3 is 2.67 bits per heavy atom. The van der Waals surface area contributed by atoms with Crippen LogP contribution in [0.4, 0.5) is 4.79 Å². The molecule has 2 atom stereocenters. The van der Waals surface area contributed by atoms with Gasteiger partial charge in [-0.2, -0.15) is 0 Å². The third-order valence-corrected chi connectivity index (χ3v) is 4.86. The molecular weight excluding hydrogens is 306 g/mol. The molecule has 1 fully saturated rings. The van der Waals surface area contributed by atoms with Crippen molar-refractivity contribution in [3.05, 3.63) is 23.7 Å². The normalized spacial score (nSPS) is 20.4. The summed E-state index contributed by atoms with van der Waals surface area (Å²) in [7, 11) is 0. The third kappa shape index (κ3) is 5.24. The lowest BCUT2D eigenvalue weighted by Crippen LogP contribution is -2.49. The molecule has 1 saturated heterocycles. The van der Waals surface area contributed by atoms with Crippen LogP contribution in [-0.2, 0) is 5.60 Å². The van der Waals surface area contributed by atoms with Crippen molar-refractivity contribution in [1.82, 2.24) is 15.5 Å². The van der Waals surface area contributed by atoms with Gasteiger partial charge in [-0.3, -0.25) is 4.90 Å². The summed E-state index contributed by atoms with van der Waals surface area (Å²) in [6.45, 7) is 10.8. The minimum atomic E-state index is -1.22. The largest absolute Gasteiger partial charge is 0.463 e. The van der Waals surface area contributed by atoms with Crippen LogP contribution < -0.4 is 10.6 Å². The third-order valence-electron chi connectivity index (χ3n) is 4.86. The highest BCUT2D eigenvalue weighted by atomic mass is 16.4. The number of hydrogen-bond acceptors (Lipinski definition) is 4. The van der Waals surface area contributed by atoms with Gasteiger partial charge in [-0.05, 0) is 64.8 Å².